The van der Waals surface area contributed by atoms with Crippen LogP contribution in [0.1, 0.15) is 73.1 Å². The highest BCUT2D eigenvalue weighted by Gasteiger charge is 2.64. The van der Waals surface area contributed by atoms with E-state index in [1.165, 1.54) is 0 Å². The molecule has 2 aliphatic heterocycles. The van der Waals surface area contributed by atoms with Crippen molar-refractivity contribution in [1.29, 1.82) is 0 Å². The summed E-state index contributed by atoms with van der Waals surface area (Å²) in [6.07, 6.45) is 6.99. The van der Waals surface area contributed by atoms with E-state index in [-0.39, 0.29) is 28.1 Å². The second-order valence-corrected chi connectivity index (χ2v) is 9.89. The van der Waals surface area contributed by atoms with Crippen molar-refractivity contribution in [1.82, 2.24) is 0 Å². The first-order valence-electron chi connectivity index (χ1n) is 9.13. The minimum Gasteiger partial charge on any atom is -0.393 e. The van der Waals surface area contributed by atoms with E-state index in [9.17, 15) is 5.11 Å². The highest BCUT2D eigenvalue weighted by atomic mass is 16.6. The van der Waals surface area contributed by atoms with Gasteiger partial charge in [-0.25, -0.2) is 0 Å². The fourth-order valence-corrected chi connectivity index (χ4v) is 5.89. The largest absolute Gasteiger partial charge is 0.393 e. The summed E-state index contributed by atoms with van der Waals surface area (Å²) >= 11 is 0. The normalized spacial score (nSPS) is 59.7. The van der Waals surface area contributed by atoms with Gasteiger partial charge in [0, 0.05) is 0 Å². The van der Waals surface area contributed by atoms with Gasteiger partial charge in [0.05, 0.1) is 29.5 Å². The zero-order chi connectivity index (χ0) is 16.0. The number of fused-ring (bicyclic) bond motifs is 3. The third-order valence-electron chi connectivity index (χ3n) is 7.75. The van der Waals surface area contributed by atoms with Crippen molar-refractivity contribution in [3.63, 3.8) is 0 Å². The van der Waals surface area contributed by atoms with Crippen LogP contribution >= 0.6 is 0 Å². The number of epoxide rings is 2. The van der Waals surface area contributed by atoms with Crippen LogP contribution in [-0.4, -0.2) is 34.6 Å². The molecule has 7 atom stereocenters. The van der Waals surface area contributed by atoms with Crippen molar-refractivity contribution >= 4 is 0 Å². The van der Waals surface area contributed by atoms with Gasteiger partial charge in [-0.3, -0.25) is 0 Å². The van der Waals surface area contributed by atoms with E-state index in [2.05, 4.69) is 34.6 Å². The molecule has 126 valence electrons. The van der Waals surface area contributed by atoms with E-state index < -0.39 is 0 Å². The van der Waals surface area contributed by atoms with Gasteiger partial charge in [0.15, 0.2) is 0 Å². The smallest absolute Gasteiger partial charge is 0.0921 e. The van der Waals surface area contributed by atoms with Crippen LogP contribution in [0.2, 0.25) is 0 Å². The zero-order valence-electron chi connectivity index (χ0n) is 14.8. The van der Waals surface area contributed by atoms with Crippen molar-refractivity contribution < 1.29 is 14.6 Å². The van der Waals surface area contributed by atoms with Crippen molar-refractivity contribution in [2.75, 3.05) is 0 Å². The Kier molecular flexibility index (Phi) is 3.00. The molecule has 4 fully saturated rings. The van der Waals surface area contributed by atoms with Gasteiger partial charge in [0.1, 0.15) is 0 Å². The van der Waals surface area contributed by atoms with Gasteiger partial charge in [0.2, 0.25) is 0 Å². The first kappa shape index (κ1) is 15.4. The molecule has 3 nitrogen and oxygen atoms in total. The van der Waals surface area contributed by atoms with Crippen molar-refractivity contribution in [2.24, 2.45) is 16.7 Å². The summed E-state index contributed by atoms with van der Waals surface area (Å²) in [6.45, 7) is 11.5. The predicted octanol–water partition coefficient (Wildman–Crippen LogP) is 3.68. The number of aliphatic hydroxyl groups excluding tert-OH is 1. The van der Waals surface area contributed by atoms with E-state index >= 15 is 0 Å². The highest BCUT2D eigenvalue weighted by molar-refractivity contribution is 5.12. The molecule has 0 amide bonds. The number of aliphatic hydroxyl groups is 1. The Morgan fingerprint density at radius 1 is 0.818 bits per heavy atom. The molecule has 7 unspecified atom stereocenters. The van der Waals surface area contributed by atoms with E-state index in [0.717, 1.165) is 38.5 Å². The Morgan fingerprint density at radius 2 is 1.41 bits per heavy atom. The Labute approximate surface area is 134 Å². The van der Waals surface area contributed by atoms with E-state index in [0.29, 0.717) is 18.1 Å². The van der Waals surface area contributed by atoms with E-state index in [1.807, 2.05) is 0 Å². The lowest BCUT2D eigenvalue weighted by molar-refractivity contribution is 0.0154. The Balaban J connectivity index is 1.65. The van der Waals surface area contributed by atoms with E-state index in [4.69, 9.17) is 9.47 Å². The standard InChI is InChI=1S/C19H32O3/c1-16(2)10-13(20)17(3)11-15-19(5,22-15)9-7-14-18(4,21-14)8-6-12(16)17/h12-15,20H,6-11H2,1-5H3. The average molecular weight is 308 g/mol. The second kappa shape index (κ2) is 4.29. The molecule has 3 heteroatoms. The van der Waals surface area contributed by atoms with Crippen molar-refractivity contribution in [3.8, 4) is 0 Å². The van der Waals surface area contributed by atoms with Crippen LogP contribution < -0.4 is 0 Å². The highest BCUT2D eigenvalue weighted by Crippen LogP contribution is 2.62. The molecular weight excluding hydrogens is 276 g/mol. The summed E-state index contributed by atoms with van der Waals surface area (Å²) in [5, 5.41) is 10.8. The molecule has 0 aromatic heterocycles. The van der Waals surface area contributed by atoms with Crippen LogP contribution in [0.15, 0.2) is 0 Å². The van der Waals surface area contributed by atoms with Gasteiger partial charge >= 0.3 is 0 Å². The molecule has 1 N–H and O–H groups in total. The first-order valence-corrected chi connectivity index (χ1v) is 9.13. The summed E-state index contributed by atoms with van der Waals surface area (Å²) < 4.78 is 12.1. The molecule has 0 aromatic rings. The van der Waals surface area contributed by atoms with Crippen molar-refractivity contribution in [2.45, 2.75) is 103 Å². The van der Waals surface area contributed by atoms with Crippen molar-refractivity contribution in [3.05, 3.63) is 0 Å². The molecule has 2 saturated carbocycles. The van der Waals surface area contributed by atoms with Gasteiger partial charge in [-0.15, -0.1) is 0 Å². The summed E-state index contributed by atoms with van der Waals surface area (Å²) in [5.74, 6) is 0.545. The maximum Gasteiger partial charge on any atom is 0.0921 e. The predicted molar refractivity (Wildman–Crippen MR) is 85.6 cm³/mol. The minimum absolute atomic E-state index is 0.0169. The molecule has 22 heavy (non-hydrogen) atoms. The molecule has 4 rings (SSSR count). The number of rotatable bonds is 0. The number of hydrogen-bond acceptors (Lipinski definition) is 3. The van der Waals surface area contributed by atoms with Crippen LogP contribution in [-0.2, 0) is 9.47 Å². The summed E-state index contributed by atoms with van der Waals surface area (Å²) in [6, 6.07) is 0. The summed E-state index contributed by atoms with van der Waals surface area (Å²) in [5.41, 5.74) is 0.290. The molecule has 0 radical (unpaired) electrons. The molecule has 4 aliphatic rings. The van der Waals surface area contributed by atoms with Crippen LogP contribution in [0.5, 0.6) is 0 Å². The van der Waals surface area contributed by atoms with Crippen LogP contribution in [0.4, 0.5) is 0 Å². The lowest BCUT2D eigenvalue weighted by atomic mass is 9.66. The Hall–Kier alpha value is -0.120. The molecular formula is C19H32O3. The molecule has 2 aliphatic carbocycles. The third-order valence-corrected chi connectivity index (χ3v) is 7.75. The number of hydrogen-bond donors (Lipinski definition) is 1. The quantitative estimate of drug-likeness (QED) is 0.694. The maximum atomic E-state index is 10.8. The SMILES string of the molecule is CC1(C)CC(O)C2(C)CC3OC3(C)CCC3OC3(C)CCC12. The van der Waals surface area contributed by atoms with Gasteiger partial charge < -0.3 is 14.6 Å². The average Bonchev–Trinajstić information content (AvgIpc) is 3.20. The molecule has 0 aromatic carbocycles. The lowest BCUT2D eigenvalue weighted by Gasteiger charge is -2.39. The van der Waals surface area contributed by atoms with Crippen LogP contribution in [0.25, 0.3) is 0 Å². The molecule has 2 heterocycles. The van der Waals surface area contributed by atoms with Gasteiger partial charge in [0.25, 0.3) is 0 Å². The monoisotopic (exact) mass is 308 g/mol. The zero-order valence-corrected chi connectivity index (χ0v) is 14.8. The van der Waals surface area contributed by atoms with Crippen LogP contribution in [0.3, 0.4) is 0 Å². The minimum atomic E-state index is -0.203. The Bertz CT molecular complexity index is 489. The lowest BCUT2D eigenvalue weighted by Crippen LogP contribution is -2.37. The first-order chi connectivity index (χ1) is 10.1. The van der Waals surface area contributed by atoms with Gasteiger partial charge in [-0.2, -0.15) is 0 Å². The Morgan fingerprint density at radius 3 is 2.14 bits per heavy atom. The topological polar surface area (TPSA) is 45.3 Å². The van der Waals surface area contributed by atoms with Gasteiger partial charge in [-0.05, 0) is 69.1 Å². The summed E-state index contributed by atoms with van der Waals surface area (Å²) in [7, 11) is 0. The summed E-state index contributed by atoms with van der Waals surface area (Å²) in [4.78, 5) is 0. The van der Waals surface area contributed by atoms with E-state index in [1.54, 1.807) is 0 Å². The fourth-order valence-electron chi connectivity index (χ4n) is 5.89. The van der Waals surface area contributed by atoms with Gasteiger partial charge in [-0.1, -0.05) is 20.8 Å². The molecule has 0 bridgehead atoms. The fraction of sp³-hybridized carbons (Fsp3) is 1.00. The maximum absolute atomic E-state index is 10.8. The second-order valence-electron chi connectivity index (χ2n) is 9.89. The third kappa shape index (κ3) is 2.12. The molecule has 0 spiro atoms. The van der Waals surface area contributed by atoms with Crippen LogP contribution in [0, 0.1) is 16.7 Å². The molecule has 2 saturated heterocycles. The number of ether oxygens (including phenoxy) is 2.